The van der Waals surface area contributed by atoms with Gasteiger partial charge in [0, 0.05) is 24.2 Å². The van der Waals surface area contributed by atoms with Crippen molar-refractivity contribution in [1.29, 1.82) is 0 Å². The number of hydrogen-bond acceptors (Lipinski definition) is 4. The number of sulfonamides is 1. The van der Waals surface area contributed by atoms with Crippen LogP contribution in [0.25, 0.3) is 0 Å². The Morgan fingerprint density at radius 3 is 2.67 bits per heavy atom. The van der Waals surface area contributed by atoms with Crippen molar-refractivity contribution in [2.45, 2.75) is 23.7 Å². The number of carbonyl (C=O) groups excluding carboxylic acids is 1. The molecule has 2 aromatic rings. The van der Waals surface area contributed by atoms with Crippen molar-refractivity contribution in [3.8, 4) is 0 Å². The number of amides is 1. The summed E-state index contributed by atoms with van der Waals surface area (Å²) < 4.78 is 40.5. The van der Waals surface area contributed by atoms with Crippen molar-refractivity contribution < 1.29 is 17.6 Å². The van der Waals surface area contributed by atoms with Gasteiger partial charge in [0.25, 0.3) is 10.0 Å². The largest absolute Gasteiger partial charge is 0.340 e. The summed E-state index contributed by atoms with van der Waals surface area (Å²) in [7, 11) is -2.30. The molecule has 0 radical (unpaired) electrons. The molecule has 24 heavy (non-hydrogen) atoms. The van der Waals surface area contributed by atoms with Crippen LogP contribution in [0.15, 0.2) is 39.9 Å². The summed E-state index contributed by atoms with van der Waals surface area (Å²) >= 11 is 7.00. The summed E-state index contributed by atoms with van der Waals surface area (Å²) in [5.41, 5.74) is 0.184. The maximum absolute atomic E-state index is 13.8. The van der Waals surface area contributed by atoms with E-state index in [-0.39, 0.29) is 21.3 Å². The lowest BCUT2D eigenvalue weighted by molar-refractivity contribution is -0.131. The molecule has 1 heterocycles. The van der Waals surface area contributed by atoms with Crippen LogP contribution >= 0.6 is 22.9 Å². The second kappa shape index (κ2) is 7.60. The number of likely N-dealkylation sites (N-methyl/N-ethyl adjacent to an activating group) is 1. The summed E-state index contributed by atoms with van der Waals surface area (Å²) in [5, 5.41) is 1.84. The van der Waals surface area contributed by atoms with Crippen LogP contribution < -0.4 is 4.72 Å². The van der Waals surface area contributed by atoms with Crippen LogP contribution in [0.1, 0.15) is 12.5 Å². The van der Waals surface area contributed by atoms with E-state index in [0.29, 0.717) is 0 Å². The van der Waals surface area contributed by atoms with Crippen LogP contribution in [0.3, 0.4) is 0 Å². The number of rotatable bonds is 6. The number of carbonyl (C=O) groups is 1. The Labute approximate surface area is 149 Å². The van der Waals surface area contributed by atoms with Gasteiger partial charge >= 0.3 is 0 Å². The summed E-state index contributed by atoms with van der Waals surface area (Å²) in [5.74, 6) is -1.01. The molecule has 1 amide bonds. The van der Waals surface area contributed by atoms with Crippen LogP contribution in [-0.2, 0) is 21.4 Å². The number of nitrogens with one attached hydrogen (secondary N) is 1. The number of hydrogen-bond donors (Lipinski definition) is 1. The molecule has 130 valence electrons. The van der Waals surface area contributed by atoms with Crippen molar-refractivity contribution in [2.24, 2.45) is 0 Å². The highest BCUT2D eigenvalue weighted by Gasteiger charge is 2.25. The van der Waals surface area contributed by atoms with Crippen LogP contribution in [0.4, 0.5) is 4.39 Å². The van der Waals surface area contributed by atoms with E-state index >= 15 is 0 Å². The van der Waals surface area contributed by atoms with E-state index in [0.717, 1.165) is 11.3 Å². The number of halogens is 2. The predicted molar refractivity (Wildman–Crippen MR) is 92.0 cm³/mol. The van der Waals surface area contributed by atoms with Gasteiger partial charge in [-0.25, -0.2) is 12.8 Å². The minimum atomic E-state index is -3.76. The Kier molecular flexibility index (Phi) is 5.97. The van der Waals surface area contributed by atoms with E-state index < -0.39 is 27.8 Å². The molecule has 0 aliphatic carbocycles. The van der Waals surface area contributed by atoms with Crippen LogP contribution in [0.2, 0.25) is 5.02 Å². The number of nitrogens with zero attached hydrogens (tertiary/aromatic N) is 1. The quantitative estimate of drug-likeness (QED) is 0.824. The minimum absolute atomic E-state index is 0.0601. The summed E-state index contributed by atoms with van der Waals surface area (Å²) in [6.07, 6.45) is 0. The van der Waals surface area contributed by atoms with Gasteiger partial charge in [0.15, 0.2) is 0 Å². The zero-order valence-corrected chi connectivity index (χ0v) is 15.4. The highest BCUT2D eigenvalue weighted by Crippen LogP contribution is 2.21. The molecule has 1 N–H and O–H groups in total. The summed E-state index contributed by atoms with van der Waals surface area (Å²) in [6, 6.07) is 6.32. The first-order valence-corrected chi connectivity index (χ1v) is 9.70. The zero-order chi connectivity index (χ0) is 17.9. The molecule has 0 aliphatic rings. The molecule has 1 aromatic carbocycles. The first-order chi connectivity index (χ1) is 11.2. The average molecular weight is 391 g/mol. The van der Waals surface area contributed by atoms with E-state index in [1.165, 1.54) is 43.1 Å². The lowest BCUT2D eigenvalue weighted by Gasteiger charge is -2.22. The third-order valence-electron chi connectivity index (χ3n) is 3.30. The van der Waals surface area contributed by atoms with Crippen molar-refractivity contribution in [1.82, 2.24) is 9.62 Å². The molecule has 1 aromatic heterocycles. The van der Waals surface area contributed by atoms with E-state index in [2.05, 4.69) is 4.72 Å². The molecule has 1 atom stereocenters. The molecule has 1 unspecified atom stereocenters. The van der Waals surface area contributed by atoms with Crippen molar-refractivity contribution >= 4 is 38.9 Å². The molecular weight excluding hydrogens is 375 g/mol. The molecule has 2 rings (SSSR count). The highest BCUT2D eigenvalue weighted by molar-refractivity contribution is 7.91. The SMILES string of the molecule is CC(NS(=O)(=O)c1cccs1)C(=O)N(C)Cc1c(F)cccc1Cl. The normalized spacial score (nSPS) is 12.8. The smallest absolute Gasteiger partial charge is 0.250 e. The standard InChI is InChI=1S/C15H16ClFN2O3S2/c1-10(18-24(21,22)14-7-4-8-23-14)15(20)19(2)9-11-12(16)5-3-6-13(11)17/h3-8,10,18H,9H2,1-2H3. The van der Waals surface area contributed by atoms with Crippen molar-refractivity contribution in [3.63, 3.8) is 0 Å². The second-order valence-corrected chi connectivity index (χ2v) is 8.47. The molecule has 0 bridgehead atoms. The Bertz CT molecular complexity index is 805. The topological polar surface area (TPSA) is 66.5 Å². The van der Waals surface area contributed by atoms with Gasteiger partial charge in [0.05, 0.1) is 6.04 Å². The first-order valence-electron chi connectivity index (χ1n) is 6.96. The lowest BCUT2D eigenvalue weighted by Crippen LogP contribution is -2.45. The highest BCUT2D eigenvalue weighted by atomic mass is 35.5. The third-order valence-corrected chi connectivity index (χ3v) is 6.59. The van der Waals surface area contributed by atoms with Crippen LogP contribution in [0, 0.1) is 5.82 Å². The van der Waals surface area contributed by atoms with Gasteiger partial charge in [-0.3, -0.25) is 4.79 Å². The fourth-order valence-electron chi connectivity index (χ4n) is 2.09. The molecule has 0 fully saturated rings. The molecule has 5 nitrogen and oxygen atoms in total. The number of thiophene rings is 1. The predicted octanol–water partition coefficient (Wildman–Crippen LogP) is 2.87. The molecule has 0 saturated heterocycles. The van der Waals surface area contributed by atoms with Gasteiger partial charge in [-0.05, 0) is 30.5 Å². The van der Waals surface area contributed by atoms with Crippen LogP contribution in [-0.4, -0.2) is 32.3 Å². The monoisotopic (exact) mass is 390 g/mol. The number of benzene rings is 1. The maximum atomic E-state index is 13.8. The lowest BCUT2D eigenvalue weighted by atomic mass is 10.2. The van der Waals surface area contributed by atoms with Gasteiger partial charge in [0.2, 0.25) is 5.91 Å². The van der Waals surface area contributed by atoms with E-state index in [4.69, 9.17) is 11.6 Å². The van der Waals surface area contributed by atoms with Gasteiger partial charge < -0.3 is 4.90 Å². The minimum Gasteiger partial charge on any atom is -0.340 e. The Morgan fingerprint density at radius 1 is 1.38 bits per heavy atom. The zero-order valence-electron chi connectivity index (χ0n) is 13.0. The van der Waals surface area contributed by atoms with Crippen LogP contribution in [0.5, 0.6) is 0 Å². The fraction of sp³-hybridized carbons (Fsp3) is 0.267. The molecule has 0 aliphatic heterocycles. The van der Waals surface area contributed by atoms with Crippen molar-refractivity contribution in [3.05, 3.63) is 52.1 Å². The molecular formula is C15H16ClFN2O3S2. The maximum Gasteiger partial charge on any atom is 0.250 e. The summed E-state index contributed by atoms with van der Waals surface area (Å²) in [6.45, 7) is 1.38. The van der Waals surface area contributed by atoms with E-state index in [1.54, 1.807) is 11.4 Å². The van der Waals surface area contributed by atoms with Gasteiger partial charge in [-0.2, -0.15) is 4.72 Å². The Morgan fingerprint density at radius 2 is 2.08 bits per heavy atom. The molecule has 9 heteroatoms. The van der Waals surface area contributed by atoms with Gasteiger partial charge in [0.1, 0.15) is 10.0 Å². The fourth-order valence-corrected chi connectivity index (χ4v) is 4.52. The second-order valence-electron chi connectivity index (χ2n) is 5.17. The van der Waals surface area contributed by atoms with E-state index in [1.807, 2.05) is 0 Å². The average Bonchev–Trinajstić information content (AvgIpc) is 3.05. The van der Waals surface area contributed by atoms with Gasteiger partial charge in [-0.1, -0.05) is 23.7 Å². The Balaban J connectivity index is 2.08. The van der Waals surface area contributed by atoms with Crippen molar-refractivity contribution in [2.75, 3.05) is 7.05 Å². The molecule has 0 saturated carbocycles. The third kappa shape index (κ3) is 4.32. The summed E-state index contributed by atoms with van der Waals surface area (Å²) in [4.78, 5) is 13.6. The Hall–Kier alpha value is -1.48. The first kappa shape index (κ1) is 18.9. The van der Waals surface area contributed by atoms with E-state index in [9.17, 15) is 17.6 Å². The molecule has 0 spiro atoms. The van der Waals surface area contributed by atoms with Gasteiger partial charge in [-0.15, -0.1) is 11.3 Å².